The first kappa shape index (κ1) is 17.6. The number of likely N-dealkylation sites (tertiary alicyclic amines) is 1. The van der Waals surface area contributed by atoms with Crippen LogP contribution in [0.4, 0.5) is 0 Å². The third-order valence-corrected chi connectivity index (χ3v) is 5.55. The predicted octanol–water partition coefficient (Wildman–Crippen LogP) is 2.55. The molecule has 7 heteroatoms. The topological polar surface area (TPSA) is 49.9 Å². The molecule has 5 nitrogen and oxygen atoms in total. The molecule has 2 aliphatic heterocycles. The van der Waals surface area contributed by atoms with Crippen LogP contribution in [0.25, 0.3) is 0 Å². The van der Waals surface area contributed by atoms with Crippen LogP contribution in [0.1, 0.15) is 24.9 Å². The van der Waals surface area contributed by atoms with Gasteiger partial charge < -0.3 is 14.5 Å². The number of amides is 2. The summed E-state index contributed by atoms with van der Waals surface area (Å²) >= 11 is 7.54. The monoisotopic (exact) mass is 368 g/mol. The summed E-state index contributed by atoms with van der Waals surface area (Å²) in [6.07, 6.45) is 0.791. The molecule has 0 N–H and O–H groups in total. The van der Waals surface area contributed by atoms with Crippen LogP contribution in [-0.2, 0) is 14.3 Å². The minimum absolute atomic E-state index is 0.0299. The van der Waals surface area contributed by atoms with Crippen molar-refractivity contribution in [2.45, 2.75) is 25.4 Å². The fourth-order valence-electron chi connectivity index (χ4n) is 3.21. The summed E-state index contributed by atoms with van der Waals surface area (Å²) in [4.78, 5) is 28.3. The Balaban J connectivity index is 1.77. The molecule has 2 heterocycles. The quantitative estimate of drug-likeness (QED) is 0.548. The Morgan fingerprint density at radius 3 is 2.62 bits per heavy atom. The molecular formula is C17H21ClN2O3S. The lowest BCUT2D eigenvalue weighted by molar-refractivity contribution is -0.164. The van der Waals surface area contributed by atoms with E-state index in [9.17, 15) is 9.59 Å². The number of β-lactam (4-membered cyclic amide) rings is 1. The number of thioether (sulfide) groups is 1. The van der Waals surface area contributed by atoms with Crippen LogP contribution in [0.15, 0.2) is 24.3 Å². The van der Waals surface area contributed by atoms with Gasteiger partial charge >= 0.3 is 0 Å². The number of benzene rings is 1. The number of nitrogens with zero attached hydrogens (tertiary/aromatic N) is 2. The molecule has 0 aromatic heterocycles. The molecule has 1 aromatic rings. The van der Waals surface area contributed by atoms with Crippen LogP contribution >= 0.6 is 23.4 Å². The van der Waals surface area contributed by atoms with Gasteiger partial charge in [-0.05, 0) is 31.0 Å². The van der Waals surface area contributed by atoms with E-state index >= 15 is 0 Å². The van der Waals surface area contributed by atoms with Gasteiger partial charge in [-0.3, -0.25) is 9.59 Å². The maximum absolute atomic E-state index is 12.7. The lowest BCUT2D eigenvalue weighted by Crippen LogP contribution is -2.66. The highest BCUT2D eigenvalue weighted by Crippen LogP contribution is 2.40. The Kier molecular flexibility index (Phi) is 5.69. The highest BCUT2D eigenvalue weighted by molar-refractivity contribution is 8.00. The summed E-state index contributed by atoms with van der Waals surface area (Å²) in [5, 5.41) is 0.664. The van der Waals surface area contributed by atoms with Gasteiger partial charge in [0, 0.05) is 24.8 Å². The van der Waals surface area contributed by atoms with Crippen molar-refractivity contribution in [2.24, 2.45) is 0 Å². The lowest BCUT2D eigenvalue weighted by atomic mass is 9.87. The average Bonchev–Trinajstić information content (AvgIpc) is 2.99. The summed E-state index contributed by atoms with van der Waals surface area (Å²) in [5.74, 6) is 1.13. The smallest absolute Gasteiger partial charge is 0.248 e. The molecule has 24 heavy (non-hydrogen) atoms. The molecule has 130 valence electrons. The minimum Gasteiger partial charge on any atom is -0.382 e. The van der Waals surface area contributed by atoms with Gasteiger partial charge in [-0.25, -0.2) is 0 Å². The standard InChI is InChI=1S/C17H21ClN2O3S/c1-2-23-9-3-8-19-15(12-4-6-13(18)7-5-12)16(17(19)22)20-11-24-10-14(20)21/h4-7,15-16H,2-3,8-11H2,1H3/t15-,16+/m0/s1. The zero-order chi connectivity index (χ0) is 17.1. The fraction of sp³-hybridized carbons (Fsp3) is 0.529. The van der Waals surface area contributed by atoms with Crippen LogP contribution in [0.3, 0.4) is 0 Å². The Morgan fingerprint density at radius 2 is 2.00 bits per heavy atom. The average molecular weight is 369 g/mol. The van der Waals surface area contributed by atoms with Gasteiger partial charge in [-0.2, -0.15) is 0 Å². The van der Waals surface area contributed by atoms with Gasteiger partial charge in [0.15, 0.2) is 0 Å². The summed E-state index contributed by atoms with van der Waals surface area (Å²) < 4.78 is 5.36. The number of hydrogen-bond donors (Lipinski definition) is 0. The largest absolute Gasteiger partial charge is 0.382 e. The van der Waals surface area contributed by atoms with E-state index in [0.717, 1.165) is 12.0 Å². The van der Waals surface area contributed by atoms with Gasteiger partial charge in [0.25, 0.3) is 0 Å². The molecule has 1 aromatic carbocycles. The second-order valence-corrected chi connectivity index (χ2v) is 7.26. The number of rotatable bonds is 7. The number of carbonyl (C=O) groups excluding carboxylic acids is 2. The first-order valence-corrected chi connectivity index (χ1v) is 9.67. The van der Waals surface area contributed by atoms with Gasteiger partial charge in [0.05, 0.1) is 17.7 Å². The van der Waals surface area contributed by atoms with Crippen molar-refractivity contribution < 1.29 is 14.3 Å². The fourth-order valence-corrected chi connectivity index (χ4v) is 4.27. The van der Waals surface area contributed by atoms with E-state index in [-0.39, 0.29) is 23.9 Å². The molecule has 0 aliphatic carbocycles. The number of halogens is 1. The highest BCUT2D eigenvalue weighted by atomic mass is 35.5. The van der Waals surface area contributed by atoms with Crippen molar-refractivity contribution in [1.29, 1.82) is 0 Å². The second-order valence-electron chi connectivity index (χ2n) is 5.86. The van der Waals surface area contributed by atoms with E-state index in [1.165, 1.54) is 0 Å². The third kappa shape index (κ3) is 3.41. The van der Waals surface area contributed by atoms with Crippen LogP contribution in [-0.4, -0.2) is 59.0 Å². The Labute approximate surface area is 151 Å². The van der Waals surface area contributed by atoms with Gasteiger partial charge in [0.2, 0.25) is 11.8 Å². The van der Waals surface area contributed by atoms with Crippen molar-refractivity contribution in [3.63, 3.8) is 0 Å². The Morgan fingerprint density at radius 1 is 1.25 bits per heavy atom. The SMILES string of the molecule is CCOCCCN1C(=O)[C@H](N2CSCC2=O)[C@@H]1c1ccc(Cl)cc1. The van der Waals surface area contributed by atoms with Crippen molar-refractivity contribution in [3.05, 3.63) is 34.9 Å². The van der Waals surface area contributed by atoms with Crippen LogP contribution in [0, 0.1) is 0 Å². The van der Waals surface area contributed by atoms with E-state index in [2.05, 4.69) is 0 Å². The van der Waals surface area contributed by atoms with Crippen LogP contribution in [0.5, 0.6) is 0 Å². The molecule has 0 bridgehead atoms. The normalized spacial score (nSPS) is 23.8. The number of carbonyl (C=O) groups is 2. The molecule has 0 radical (unpaired) electrons. The molecule has 0 saturated carbocycles. The van der Waals surface area contributed by atoms with E-state index in [1.807, 2.05) is 36.1 Å². The summed E-state index contributed by atoms with van der Waals surface area (Å²) in [6, 6.07) is 7.05. The van der Waals surface area contributed by atoms with Crippen molar-refractivity contribution >= 4 is 35.2 Å². The maximum atomic E-state index is 12.7. The molecule has 2 fully saturated rings. The minimum atomic E-state index is -0.388. The first-order valence-electron chi connectivity index (χ1n) is 8.14. The summed E-state index contributed by atoms with van der Waals surface area (Å²) in [7, 11) is 0. The highest BCUT2D eigenvalue weighted by Gasteiger charge is 2.52. The first-order chi connectivity index (χ1) is 11.6. The molecule has 0 unspecified atom stereocenters. The predicted molar refractivity (Wildman–Crippen MR) is 95.0 cm³/mol. The molecule has 3 rings (SSSR count). The third-order valence-electron chi connectivity index (χ3n) is 4.39. The molecule has 2 saturated heterocycles. The molecule has 2 aliphatic rings. The van der Waals surface area contributed by atoms with E-state index in [4.69, 9.17) is 16.3 Å². The molecular weight excluding hydrogens is 348 g/mol. The van der Waals surface area contributed by atoms with Crippen molar-refractivity contribution in [1.82, 2.24) is 9.80 Å². The second kappa shape index (κ2) is 7.76. The number of hydrogen-bond acceptors (Lipinski definition) is 4. The lowest BCUT2D eigenvalue weighted by Gasteiger charge is -2.50. The molecule has 2 atom stereocenters. The molecule has 2 amide bonds. The zero-order valence-electron chi connectivity index (χ0n) is 13.6. The van der Waals surface area contributed by atoms with Crippen molar-refractivity contribution in [2.75, 3.05) is 31.4 Å². The van der Waals surface area contributed by atoms with Crippen molar-refractivity contribution in [3.8, 4) is 0 Å². The summed E-state index contributed by atoms with van der Waals surface area (Å²) in [6.45, 7) is 3.91. The Bertz CT molecular complexity index is 610. The molecule has 0 spiro atoms. The van der Waals surface area contributed by atoms with Crippen LogP contribution < -0.4 is 0 Å². The van der Waals surface area contributed by atoms with E-state index in [1.54, 1.807) is 16.7 Å². The maximum Gasteiger partial charge on any atom is 0.248 e. The number of ether oxygens (including phenoxy) is 1. The van der Waals surface area contributed by atoms with Crippen LogP contribution in [0.2, 0.25) is 5.02 Å². The Hall–Kier alpha value is -1.24. The van der Waals surface area contributed by atoms with Gasteiger partial charge in [-0.1, -0.05) is 23.7 Å². The zero-order valence-corrected chi connectivity index (χ0v) is 15.2. The van der Waals surface area contributed by atoms with Gasteiger partial charge in [0.1, 0.15) is 6.04 Å². The van der Waals surface area contributed by atoms with Gasteiger partial charge in [-0.15, -0.1) is 11.8 Å². The van der Waals surface area contributed by atoms with E-state index in [0.29, 0.717) is 36.4 Å². The summed E-state index contributed by atoms with van der Waals surface area (Å²) in [5.41, 5.74) is 1.02. The van der Waals surface area contributed by atoms with E-state index < -0.39 is 0 Å².